The molecule has 1 aliphatic rings. The molecule has 1 aliphatic heterocycles. The van der Waals surface area contributed by atoms with Crippen molar-refractivity contribution in [3.63, 3.8) is 0 Å². The van der Waals surface area contributed by atoms with Crippen molar-refractivity contribution in [3.8, 4) is 0 Å². The Bertz CT molecular complexity index is 538. The molecule has 0 bridgehead atoms. The quantitative estimate of drug-likeness (QED) is 0.845. The average Bonchev–Trinajstić information content (AvgIpc) is 2.45. The number of hydrogen-bond donors (Lipinski definition) is 1. The van der Waals surface area contributed by atoms with Crippen LogP contribution in [0, 0.1) is 6.92 Å². The highest BCUT2D eigenvalue weighted by Gasteiger charge is 2.27. The number of carboxylic acids is 1. The van der Waals surface area contributed by atoms with Crippen LogP contribution in [-0.4, -0.2) is 47.7 Å². The first-order valence-electron chi connectivity index (χ1n) is 6.44. The van der Waals surface area contributed by atoms with Crippen LogP contribution in [0.3, 0.4) is 0 Å². The first-order chi connectivity index (χ1) is 9.56. The molecule has 1 fully saturated rings. The molecule has 1 saturated heterocycles. The number of nitrogens with zero attached hydrogens (tertiary/aromatic N) is 1. The molecular formula is C15H17NO4. The Morgan fingerprint density at radius 3 is 2.95 bits per heavy atom. The lowest BCUT2D eigenvalue weighted by atomic mass is 10.1. The molecule has 0 spiro atoms. The topological polar surface area (TPSA) is 66.8 Å². The van der Waals surface area contributed by atoms with Crippen LogP contribution in [0.15, 0.2) is 30.3 Å². The van der Waals surface area contributed by atoms with Crippen LogP contribution in [0.2, 0.25) is 0 Å². The zero-order valence-electron chi connectivity index (χ0n) is 11.3. The Morgan fingerprint density at radius 2 is 2.25 bits per heavy atom. The zero-order chi connectivity index (χ0) is 14.5. The van der Waals surface area contributed by atoms with Crippen molar-refractivity contribution in [2.75, 3.05) is 19.7 Å². The van der Waals surface area contributed by atoms with E-state index in [1.54, 1.807) is 6.08 Å². The van der Waals surface area contributed by atoms with Gasteiger partial charge in [-0.15, -0.1) is 0 Å². The molecular weight excluding hydrogens is 258 g/mol. The summed E-state index contributed by atoms with van der Waals surface area (Å²) < 4.78 is 5.08. The molecule has 1 amide bonds. The monoisotopic (exact) mass is 275 g/mol. The number of benzene rings is 1. The zero-order valence-corrected chi connectivity index (χ0v) is 11.3. The van der Waals surface area contributed by atoms with Gasteiger partial charge in [-0.3, -0.25) is 4.79 Å². The van der Waals surface area contributed by atoms with Crippen molar-refractivity contribution in [1.29, 1.82) is 0 Å². The number of hydrogen-bond acceptors (Lipinski definition) is 3. The number of ether oxygens (including phenoxy) is 1. The second-order valence-corrected chi connectivity index (χ2v) is 4.73. The summed E-state index contributed by atoms with van der Waals surface area (Å²) in [5.74, 6) is -1.23. The van der Waals surface area contributed by atoms with Crippen LogP contribution < -0.4 is 0 Å². The summed E-state index contributed by atoms with van der Waals surface area (Å²) in [5, 5.41) is 8.90. The average molecular weight is 275 g/mol. The van der Waals surface area contributed by atoms with Gasteiger partial charge in [0, 0.05) is 12.6 Å². The van der Waals surface area contributed by atoms with Gasteiger partial charge in [-0.25, -0.2) is 4.79 Å². The van der Waals surface area contributed by atoms with Crippen LogP contribution in [0.4, 0.5) is 0 Å². The highest BCUT2D eigenvalue weighted by molar-refractivity contribution is 5.92. The van der Waals surface area contributed by atoms with Gasteiger partial charge < -0.3 is 14.7 Å². The van der Waals surface area contributed by atoms with Crippen molar-refractivity contribution < 1.29 is 19.4 Å². The number of amides is 1. The molecule has 5 nitrogen and oxygen atoms in total. The molecule has 1 atom stereocenters. The Morgan fingerprint density at radius 1 is 1.45 bits per heavy atom. The number of aryl methyl sites for hydroxylation is 1. The van der Waals surface area contributed by atoms with Crippen molar-refractivity contribution in [1.82, 2.24) is 4.90 Å². The fourth-order valence-corrected chi connectivity index (χ4v) is 2.05. The lowest BCUT2D eigenvalue weighted by molar-refractivity contribution is -0.158. The van der Waals surface area contributed by atoms with Gasteiger partial charge in [-0.05, 0) is 18.6 Å². The molecule has 106 valence electrons. The van der Waals surface area contributed by atoms with E-state index in [9.17, 15) is 9.59 Å². The van der Waals surface area contributed by atoms with Gasteiger partial charge in [0.25, 0.3) is 0 Å². The van der Waals surface area contributed by atoms with Crippen LogP contribution in [0.5, 0.6) is 0 Å². The van der Waals surface area contributed by atoms with E-state index in [0.29, 0.717) is 6.54 Å². The number of carbonyl (C=O) groups excluding carboxylic acids is 1. The molecule has 0 aliphatic carbocycles. The van der Waals surface area contributed by atoms with Gasteiger partial charge in [-0.1, -0.05) is 29.8 Å². The van der Waals surface area contributed by atoms with E-state index >= 15 is 0 Å². The first kappa shape index (κ1) is 14.3. The number of aliphatic carboxylic acids is 1. The minimum Gasteiger partial charge on any atom is -0.479 e. The molecule has 1 unspecified atom stereocenters. The Labute approximate surface area is 117 Å². The maximum atomic E-state index is 12.0. The van der Waals surface area contributed by atoms with Crippen LogP contribution >= 0.6 is 0 Å². The van der Waals surface area contributed by atoms with E-state index in [1.165, 1.54) is 11.0 Å². The third-order valence-corrected chi connectivity index (χ3v) is 3.11. The maximum absolute atomic E-state index is 12.0. The summed E-state index contributed by atoms with van der Waals surface area (Å²) in [4.78, 5) is 24.4. The Kier molecular flexibility index (Phi) is 4.53. The highest BCUT2D eigenvalue weighted by atomic mass is 16.5. The van der Waals surface area contributed by atoms with Crippen molar-refractivity contribution >= 4 is 18.0 Å². The Hall–Kier alpha value is -2.14. The van der Waals surface area contributed by atoms with Gasteiger partial charge in [-0.2, -0.15) is 0 Å². The summed E-state index contributed by atoms with van der Waals surface area (Å²) >= 11 is 0. The summed E-state index contributed by atoms with van der Waals surface area (Å²) in [6, 6.07) is 7.80. The third-order valence-electron chi connectivity index (χ3n) is 3.11. The summed E-state index contributed by atoms with van der Waals surface area (Å²) in [5.41, 5.74) is 2.07. The molecule has 0 aromatic heterocycles. The Balaban J connectivity index is 1.99. The summed E-state index contributed by atoms with van der Waals surface area (Å²) in [7, 11) is 0. The van der Waals surface area contributed by atoms with Crippen LogP contribution in [-0.2, 0) is 14.3 Å². The van der Waals surface area contributed by atoms with Crippen LogP contribution in [0.25, 0.3) is 6.08 Å². The minimum atomic E-state index is -1.04. The molecule has 5 heteroatoms. The van der Waals surface area contributed by atoms with E-state index in [0.717, 1.165) is 11.1 Å². The second-order valence-electron chi connectivity index (χ2n) is 4.73. The van der Waals surface area contributed by atoms with Crippen molar-refractivity contribution in [3.05, 3.63) is 41.5 Å². The highest BCUT2D eigenvalue weighted by Crippen LogP contribution is 2.09. The maximum Gasteiger partial charge on any atom is 0.334 e. The van der Waals surface area contributed by atoms with E-state index in [4.69, 9.17) is 9.84 Å². The van der Waals surface area contributed by atoms with Gasteiger partial charge in [0.15, 0.2) is 6.10 Å². The summed E-state index contributed by atoms with van der Waals surface area (Å²) in [6.07, 6.45) is 2.28. The molecule has 2 rings (SSSR count). The molecule has 0 radical (unpaired) electrons. The van der Waals surface area contributed by atoms with Crippen molar-refractivity contribution in [2.45, 2.75) is 13.0 Å². The van der Waals surface area contributed by atoms with Gasteiger partial charge in [0.2, 0.25) is 5.91 Å². The minimum absolute atomic E-state index is 0.0896. The van der Waals surface area contributed by atoms with E-state index in [2.05, 4.69) is 0 Å². The molecule has 1 N–H and O–H groups in total. The van der Waals surface area contributed by atoms with E-state index < -0.39 is 12.1 Å². The fourth-order valence-electron chi connectivity index (χ4n) is 2.05. The lowest BCUT2D eigenvalue weighted by Gasteiger charge is -2.30. The lowest BCUT2D eigenvalue weighted by Crippen LogP contribution is -2.48. The standard InChI is InChI=1S/C15H17NO4/c1-11-3-2-4-12(9-11)5-6-14(17)16-7-8-20-13(10-16)15(18)19/h2-6,9,13H,7-8,10H2,1H3,(H,18,19). The molecule has 1 aromatic carbocycles. The predicted octanol–water partition coefficient (Wildman–Crippen LogP) is 1.32. The van der Waals surface area contributed by atoms with E-state index in [1.807, 2.05) is 31.2 Å². The summed E-state index contributed by atoms with van der Waals surface area (Å²) in [6.45, 7) is 2.74. The number of morpholine rings is 1. The first-order valence-corrected chi connectivity index (χ1v) is 6.44. The predicted molar refractivity (Wildman–Crippen MR) is 74.2 cm³/mol. The smallest absolute Gasteiger partial charge is 0.334 e. The van der Waals surface area contributed by atoms with Gasteiger partial charge in [0.05, 0.1) is 13.2 Å². The normalized spacial score (nSPS) is 19.2. The SMILES string of the molecule is Cc1cccc(C=CC(=O)N2CCOC(C(=O)O)C2)c1. The fraction of sp³-hybridized carbons (Fsp3) is 0.333. The molecule has 20 heavy (non-hydrogen) atoms. The van der Waals surface area contributed by atoms with Crippen LogP contribution in [0.1, 0.15) is 11.1 Å². The number of rotatable bonds is 3. The molecule has 1 aromatic rings. The van der Waals surface area contributed by atoms with Crippen molar-refractivity contribution in [2.24, 2.45) is 0 Å². The second kappa shape index (κ2) is 6.34. The van der Waals surface area contributed by atoms with Gasteiger partial charge in [0.1, 0.15) is 0 Å². The van der Waals surface area contributed by atoms with E-state index in [-0.39, 0.29) is 19.1 Å². The third kappa shape index (κ3) is 3.68. The largest absolute Gasteiger partial charge is 0.479 e. The molecule has 1 heterocycles. The number of carbonyl (C=O) groups is 2. The number of carboxylic acid groups (broad SMARTS) is 1. The van der Waals surface area contributed by atoms with Gasteiger partial charge >= 0.3 is 5.97 Å². The molecule has 0 saturated carbocycles.